The molecule has 0 radical (unpaired) electrons. The molecule has 0 amide bonds. The minimum absolute atomic E-state index is 0.0223. The van der Waals surface area contributed by atoms with Gasteiger partial charge in [0.2, 0.25) is 5.78 Å². The highest BCUT2D eigenvalue weighted by atomic mass is 16.3. The molecular formula is C41H44O8. The van der Waals surface area contributed by atoms with E-state index in [1.807, 2.05) is 56.3 Å². The molecule has 0 aromatic heterocycles. The molecule has 1 fully saturated rings. The number of phenols is 1. The number of allylic oxidation sites excluding steroid dienone is 1. The Kier molecular flexibility index (Phi) is 8.06. The Hall–Kier alpha value is -4.56. The van der Waals surface area contributed by atoms with Crippen molar-refractivity contribution >= 4 is 39.7 Å². The molecule has 0 heterocycles. The van der Waals surface area contributed by atoms with Gasteiger partial charge in [-0.3, -0.25) is 19.2 Å². The highest BCUT2D eigenvalue weighted by Crippen LogP contribution is 2.65. The highest BCUT2D eigenvalue weighted by Gasteiger charge is 2.72. The number of aromatic hydroxyl groups is 1. The van der Waals surface area contributed by atoms with Gasteiger partial charge in [-0.15, -0.1) is 0 Å². The van der Waals surface area contributed by atoms with Gasteiger partial charge < -0.3 is 20.4 Å². The van der Waals surface area contributed by atoms with Crippen LogP contribution in [0.3, 0.4) is 0 Å². The summed E-state index contributed by atoms with van der Waals surface area (Å²) in [6.07, 6.45) is 0.216. The Morgan fingerprint density at radius 3 is 2.18 bits per heavy atom. The van der Waals surface area contributed by atoms with Crippen molar-refractivity contribution in [2.24, 2.45) is 22.7 Å². The quantitative estimate of drug-likeness (QED) is 0.201. The van der Waals surface area contributed by atoms with E-state index in [0.29, 0.717) is 11.1 Å². The molecule has 8 nitrogen and oxygen atoms in total. The smallest absolute Gasteiger partial charge is 0.203 e. The third-order valence-corrected chi connectivity index (χ3v) is 11.4. The van der Waals surface area contributed by atoms with Gasteiger partial charge >= 0.3 is 0 Å². The largest absolute Gasteiger partial charge is 0.508 e. The van der Waals surface area contributed by atoms with Gasteiger partial charge in [-0.05, 0) is 59.1 Å². The van der Waals surface area contributed by atoms with Crippen LogP contribution in [0, 0.1) is 22.7 Å². The summed E-state index contributed by atoms with van der Waals surface area (Å²) >= 11 is 0. The van der Waals surface area contributed by atoms with Crippen molar-refractivity contribution in [1.82, 2.24) is 0 Å². The summed E-state index contributed by atoms with van der Waals surface area (Å²) in [5.74, 6) is -5.87. The first-order valence-corrected chi connectivity index (χ1v) is 16.9. The van der Waals surface area contributed by atoms with Crippen LogP contribution in [0.2, 0.25) is 0 Å². The monoisotopic (exact) mass is 664 g/mol. The predicted molar refractivity (Wildman–Crippen MR) is 186 cm³/mol. The van der Waals surface area contributed by atoms with Gasteiger partial charge in [0.05, 0.1) is 5.56 Å². The van der Waals surface area contributed by atoms with E-state index >= 15 is 0 Å². The fourth-order valence-electron chi connectivity index (χ4n) is 9.46. The third-order valence-electron chi connectivity index (χ3n) is 11.4. The molecular weight excluding hydrogens is 620 g/mol. The molecule has 1 saturated carbocycles. The zero-order valence-corrected chi connectivity index (χ0v) is 29.1. The van der Waals surface area contributed by atoms with Crippen LogP contribution >= 0.6 is 0 Å². The summed E-state index contributed by atoms with van der Waals surface area (Å²) in [7, 11) is 0. The number of carbonyl (C=O) groups excluding carboxylic acids is 4. The molecule has 256 valence electrons. The van der Waals surface area contributed by atoms with Crippen molar-refractivity contribution in [3.05, 3.63) is 93.3 Å². The fourth-order valence-corrected chi connectivity index (χ4v) is 9.46. The van der Waals surface area contributed by atoms with E-state index < -0.39 is 62.7 Å². The summed E-state index contributed by atoms with van der Waals surface area (Å²) in [4.78, 5) is 54.7. The number of ketones is 4. The van der Waals surface area contributed by atoms with Crippen LogP contribution < -0.4 is 0 Å². The second-order valence-electron chi connectivity index (χ2n) is 15.5. The number of carbonyl (C=O) groups is 4. The molecule has 1 unspecified atom stereocenters. The maximum absolute atomic E-state index is 14.7. The Labute approximate surface area is 286 Å². The van der Waals surface area contributed by atoms with Crippen molar-refractivity contribution in [1.29, 1.82) is 0 Å². The van der Waals surface area contributed by atoms with Crippen molar-refractivity contribution in [3.63, 3.8) is 0 Å². The van der Waals surface area contributed by atoms with E-state index in [2.05, 4.69) is 0 Å². The lowest BCUT2D eigenvalue weighted by atomic mass is 9.43. The molecule has 8 heteroatoms. The number of aliphatic hydroxyl groups is 3. The first-order chi connectivity index (χ1) is 22.9. The molecule has 0 bridgehead atoms. The van der Waals surface area contributed by atoms with E-state index in [-0.39, 0.29) is 54.3 Å². The van der Waals surface area contributed by atoms with Gasteiger partial charge in [-0.25, -0.2) is 0 Å². The van der Waals surface area contributed by atoms with Crippen molar-refractivity contribution in [3.8, 4) is 5.75 Å². The van der Waals surface area contributed by atoms with Crippen molar-refractivity contribution in [2.75, 3.05) is 0 Å². The Morgan fingerprint density at radius 2 is 1.55 bits per heavy atom. The molecule has 4 N–H and O–H groups in total. The lowest BCUT2D eigenvalue weighted by Crippen LogP contribution is -2.69. The van der Waals surface area contributed by atoms with E-state index in [9.17, 15) is 39.6 Å². The first-order valence-electron chi connectivity index (χ1n) is 16.9. The lowest BCUT2D eigenvalue weighted by Gasteiger charge is -2.60. The van der Waals surface area contributed by atoms with Gasteiger partial charge in [-0.1, -0.05) is 90.1 Å². The summed E-state index contributed by atoms with van der Waals surface area (Å²) in [6.45, 7) is 12.0. The SMILES string of the molecule is CC(=O)C1=C(O)[C@]2(O)C(=O)C3=C(O)c4c(O)c(CC(=O)Cc5cccc6ccccc56)cc(C(C)C)c4C[C@]3(C)C[C@]2(C)C(C(C)C)C1=O. The van der Waals surface area contributed by atoms with E-state index in [4.69, 9.17) is 0 Å². The molecule has 0 aliphatic heterocycles. The lowest BCUT2D eigenvalue weighted by molar-refractivity contribution is -0.178. The number of aliphatic hydroxyl groups excluding tert-OH is 2. The molecule has 4 atom stereocenters. The number of fused-ring (bicyclic) bond motifs is 4. The zero-order valence-electron chi connectivity index (χ0n) is 29.1. The summed E-state index contributed by atoms with van der Waals surface area (Å²) in [5, 5.41) is 49.6. The predicted octanol–water partition coefficient (Wildman–Crippen LogP) is 6.82. The van der Waals surface area contributed by atoms with Crippen LogP contribution in [0.15, 0.2) is 65.4 Å². The Bertz CT molecular complexity index is 2040. The van der Waals surface area contributed by atoms with E-state index in [1.54, 1.807) is 33.8 Å². The second kappa shape index (κ2) is 11.5. The van der Waals surface area contributed by atoms with Gasteiger partial charge in [0.25, 0.3) is 0 Å². The number of phenolic OH excluding ortho intramolecular Hbond substituents is 1. The van der Waals surface area contributed by atoms with Crippen LogP contribution in [0.1, 0.15) is 88.6 Å². The summed E-state index contributed by atoms with van der Waals surface area (Å²) < 4.78 is 0. The van der Waals surface area contributed by atoms with Crippen LogP contribution in [-0.4, -0.2) is 49.2 Å². The van der Waals surface area contributed by atoms with Crippen molar-refractivity contribution < 1.29 is 39.6 Å². The molecule has 3 aliphatic rings. The van der Waals surface area contributed by atoms with Gasteiger partial charge in [0.15, 0.2) is 17.2 Å². The Morgan fingerprint density at radius 1 is 0.918 bits per heavy atom. The van der Waals surface area contributed by atoms with E-state index in [0.717, 1.165) is 28.8 Å². The van der Waals surface area contributed by atoms with Crippen LogP contribution in [-0.2, 0) is 38.4 Å². The van der Waals surface area contributed by atoms with Gasteiger partial charge in [0.1, 0.15) is 28.6 Å². The number of hydrogen-bond acceptors (Lipinski definition) is 8. The molecule has 0 spiro atoms. The average molecular weight is 665 g/mol. The van der Waals surface area contributed by atoms with Crippen molar-refractivity contribution in [2.45, 2.75) is 85.7 Å². The molecule has 3 aliphatic carbocycles. The molecule has 3 aromatic carbocycles. The van der Waals surface area contributed by atoms with Crippen LogP contribution in [0.25, 0.3) is 16.5 Å². The standard InChI is InChI=1S/C41H44O8/c1-20(2)28-17-25(16-26(43)15-24-13-10-12-23-11-8-9-14-27(23)24)34(44)31-29(28)18-39(6)19-40(7)32(21(3)4)35(45)30(22(5)42)37(47)41(40,49)38(48)33(39)36(31)46/h8-14,17,20-21,32,44,46-47,49H,15-16,18-19H2,1-7H3/t32?,39-,40-,41+/m1/s1. The Balaban J connectivity index is 1.50. The van der Waals surface area contributed by atoms with Gasteiger partial charge in [0, 0.05) is 40.7 Å². The number of hydrogen-bond donors (Lipinski definition) is 4. The zero-order chi connectivity index (χ0) is 36.0. The topological polar surface area (TPSA) is 149 Å². The maximum Gasteiger partial charge on any atom is 0.203 e. The number of rotatable bonds is 7. The summed E-state index contributed by atoms with van der Waals surface area (Å²) in [5.41, 5.74) is -3.50. The second-order valence-corrected chi connectivity index (χ2v) is 15.5. The number of Topliss-reactive ketones (excluding diaryl/α,β-unsaturated/α-hetero) is 4. The third kappa shape index (κ3) is 4.82. The minimum atomic E-state index is -2.68. The molecule has 3 aromatic rings. The molecule has 49 heavy (non-hydrogen) atoms. The van der Waals surface area contributed by atoms with Crippen LogP contribution in [0.5, 0.6) is 5.75 Å². The molecule has 6 rings (SSSR count). The van der Waals surface area contributed by atoms with E-state index in [1.165, 1.54) is 0 Å². The molecule has 0 saturated heterocycles. The van der Waals surface area contributed by atoms with Gasteiger partial charge in [-0.2, -0.15) is 0 Å². The average Bonchev–Trinajstić information content (AvgIpc) is 3.00. The first kappa shape index (κ1) is 34.3. The number of benzene rings is 3. The fraction of sp³-hybridized carbons (Fsp3) is 0.415. The highest BCUT2D eigenvalue weighted by molar-refractivity contribution is 6.24. The summed E-state index contributed by atoms with van der Waals surface area (Å²) in [6, 6.07) is 15.4. The van der Waals surface area contributed by atoms with Crippen LogP contribution in [0.4, 0.5) is 0 Å². The maximum atomic E-state index is 14.7. The normalized spacial score (nSPS) is 26.7. The minimum Gasteiger partial charge on any atom is -0.508 e.